The fourth-order valence-electron chi connectivity index (χ4n) is 4.35. The predicted molar refractivity (Wildman–Crippen MR) is 126 cm³/mol. The molecule has 3 aromatic heterocycles. The Morgan fingerprint density at radius 2 is 2.00 bits per heavy atom. The number of carbonyl (C=O) groups is 2. The summed E-state index contributed by atoms with van der Waals surface area (Å²) in [7, 11) is 2.02. The van der Waals surface area contributed by atoms with Crippen LogP contribution in [0, 0.1) is 0 Å². The van der Waals surface area contributed by atoms with Crippen LogP contribution in [-0.4, -0.2) is 37.7 Å². The minimum absolute atomic E-state index is 0.0462. The molecule has 33 heavy (non-hydrogen) atoms. The van der Waals surface area contributed by atoms with Crippen LogP contribution in [0.15, 0.2) is 60.9 Å². The van der Waals surface area contributed by atoms with Crippen molar-refractivity contribution in [3.05, 3.63) is 66.6 Å². The molecule has 4 aromatic rings. The van der Waals surface area contributed by atoms with Gasteiger partial charge < -0.3 is 9.88 Å². The first-order valence-electron chi connectivity index (χ1n) is 11.2. The summed E-state index contributed by atoms with van der Waals surface area (Å²) in [5.41, 5.74) is 3.87. The number of para-hydroxylation sites is 1. The molecule has 0 unspecified atom stereocenters. The summed E-state index contributed by atoms with van der Waals surface area (Å²) in [4.78, 5) is 30.9. The largest absolute Gasteiger partial charge is 0.350 e. The van der Waals surface area contributed by atoms with Crippen LogP contribution in [0.4, 0.5) is 5.82 Å². The van der Waals surface area contributed by atoms with E-state index in [-0.39, 0.29) is 11.8 Å². The summed E-state index contributed by atoms with van der Waals surface area (Å²) < 4.78 is 4.00. The van der Waals surface area contributed by atoms with Gasteiger partial charge in [0.1, 0.15) is 5.82 Å². The molecular formula is C25H26N6O2. The zero-order valence-electron chi connectivity index (χ0n) is 18.6. The lowest BCUT2D eigenvalue weighted by Gasteiger charge is -2.27. The first-order valence-corrected chi connectivity index (χ1v) is 11.2. The summed E-state index contributed by atoms with van der Waals surface area (Å²) in [6, 6.07) is 15.8. The second kappa shape index (κ2) is 8.90. The van der Waals surface area contributed by atoms with E-state index in [1.54, 1.807) is 11.1 Å². The Hall–Kier alpha value is -3.94. The van der Waals surface area contributed by atoms with E-state index < -0.39 is 0 Å². The minimum atomic E-state index is -0.0462. The maximum atomic E-state index is 12.7. The highest BCUT2D eigenvalue weighted by Crippen LogP contribution is 2.33. The molecule has 5 rings (SSSR count). The molecule has 168 valence electrons. The van der Waals surface area contributed by atoms with Crippen molar-refractivity contribution in [2.24, 2.45) is 7.05 Å². The number of pyridine rings is 1. The third-order valence-electron chi connectivity index (χ3n) is 6.03. The van der Waals surface area contributed by atoms with Crippen molar-refractivity contribution in [3.63, 3.8) is 0 Å². The molecule has 0 saturated heterocycles. The molecule has 1 aromatic carbocycles. The molecule has 1 aliphatic heterocycles. The van der Waals surface area contributed by atoms with E-state index in [1.807, 2.05) is 48.1 Å². The fourth-order valence-corrected chi connectivity index (χ4v) is 4.35. The van der Waals surface area contributed by atoms with Crippen LogP contribution in [0.5, 0.6) is 0 Å². The topological polar surface area (TPSA) is 85.0 Å². The highest BCUT2D eigenvalue weighted by Gasteiger charge is 2.27. The Kier molecular flexibility index (Phi) is 5.64. The van der Waals surface area contributed by atoms with Gasteiger partial charge >= 0.3 is 0 Å². The lowest BCUT2D eigenvalue weighted by atomic mass is 10.1. The zero-order valence-corrected chi connectivity index (χ0v) is 18.6. The van der Waals surface area contributed by atoms with Gasteiger partial charge in [-0.2, -0.15) is 5.10 Å². The van der Waals surface area contributed by atoms with Crippen LogP contribution in [0.3, 0.4) is 0 Å². The van der Waals surface area contributed by atoms with Gasteiger partial charge in [-0.25, -0.2) is 4.68 Å². The van der Waals surface area contributed by atoms with Crippen molar-refractivity contribution < 1.29 is 9.59 Å². The number of hydrogen-bond donors (Lipinski definition) is 1. The van der Waals surface area contributed by atoms with Crippen molar-refractivity contribution in [2.45, 2.75) is 32.4 Å². The van der Waals surface area contributed by atoms with E-state index in [1.165, 1.54) is 0 Å². The van der Waals surface area contributed by atoms with Gasteiger partial charge in [-0.1, -0.05) is 24.3 Å². The standard InChI is InChI=1S/C25H26N6O2/c1-29-17-20(19-8-2-3-9-22(19)29)21-15-24-30(25(33)11-14-31(24)28-21)13-6-10-23(32)27-16-18-7-4-5-12-26-18/h2-5,7-9,12,15,17H,6,10-11,13-14,16H2,1H3,(H,27,32). The molecule has 0 bridgehead atoms. The van der Waals surface area contributed by atoms with Gasteiger partial charge in [-0.15, -0.1) is 0 Å². The molecule has 8 heteroatoms. The number of nitrogens with one attached hydrogen (secondary N) is 1. The van der Waals surface area contributed by atoms with Crippen molar-refractivity contribution >= 4 is 28.5 Å². The number of rotatable bonds is 7. The third kappa shape index (κ3) is 4.24. The highest BCUT2D eigenvalue weighted by molar-refractivity contribution is 5.98. The van der Waals surface area contributed by atoms with Gasteiger partial charge in [0.25, 0.3) is 0 Å². The van der Waals surface area contributed by atoms with Gasteiger partial charge in [0.15, 0.2) is 0 Å². The van der Waals surface area contributed by atoms with E-state index in [9.17, 15) is 9.59 Å². The summed E-state index contributed by atoms with van der Waals surface area (Å²) in [6.07, 6.45) is 5.13. The number of carbonyl (C=O) groups excluding carboxylic acids is 2. The Bertz CT molecular complexity index is 1310. The van der Waals surface area contributed by atoms with Crippen LogP contribution < -0.4 is 10.2 Å². The highest BCUT2D eigenvalue weighted by atomic mass is 16.2. The summed E-state index contributed by atoms with van der Waals surface area (Å²) in [5, 5.41) is 8.82. The molecule has 4 heterocycles. The fraction of sp³-hybridized carbons (Fsp3) is 0.280. The Labute approximate surface area is 191 Å². The molecule has 1 aliphatic rings. The van der Waals surface area contributed by atoms with Gasteiger partial charge in [-0.3, -0.25) is 19.5 Å². The van der Waals surface area contributed by atoms with E-state index in [2.05, 4.69) is 33.2 Å². The number of hydrogen-bond acceptors (Lipinski definition) is 4. The van der Waals surface area contributed by atoms with Crippen molar-refractivity contribution in [1.29, 1.82) is 0 Å². The minimum Gasteiger partial charge on any atom is -0.350 e. The van der Waals surface area contributed by atoms with Crippen LogP contribution in [0.25, 0.3) is 22.2 Å². The number of amides is 2. The van der Waals surface area contributed by atoms with Crippen LogP contribution in [0.2, 0.25) is 0 Å². The second-order valence-electron chi connectivity index (χ2n) is 8.28. The molecule has 0 aliphatic carbocycles. The predicted octanol–water partition coefficient (Wildman–Crippen LogP) is 3.27. The number of aromatic nitrogens is 4. The van der Waals surface area contributed by atoms with Gasteiger partial charge in [-0.05, 0) is 24.6 Å². The molecule has 2 amide bonds. The van der Waals surface area contributed by atoms with E-state index >= 15 is 0 Å². The third-order valence-corrected chi connectivity index (χ3v) is 6.03. The van der Waals surface area contributed by atoms with Gasteiger partial charge in [0.2, 0.25) is 11.8 Å². The molecule has 1 N–H and O–H groups in total. The Morgan fingerprint density at radius 1 is 1.15 bits per heavy atom. The number of benzene rings is 1. The number of aryl methyl sites for hydroxylation is 2. The second-order valence-corrected chi connectivity index (χ2v) is 8.28. The van der Waals surface area contributed by atoms with Crippen molar-refractivity contribution in [2.75, 3.05) is 11.4 Å². The molecule has 0 spiro atoms. The molecule has 0 fully saturated rings. The molecule has 0 saturated carbocycles. The summed E-state index contributed by atoms with van der Waals surface area (Å²) in [5.74, 6) is 0.818. The van der Waals surface area contributed by atoms with E-state index in [4.69, 9.17) is 5.10 Å². The molecule has 8 nitrogen and oxygen atoms in total. The number of anilines is 1. The maximum Gasteiger partial charge on any atom is 0.229 e. The van der Waals surface area contributed by atoms with E-state index in [0.717, 1.165) is 33.7 Å². The Balaban J connectivity index is 1.27. The van der Waals surface area contributed by atoms with Crippen LogP contribution >= 0.6 is 0 Å². The summed E-state index contributed by atoms with van der Waals surface area (Å²) in [6.45, 7) is 1.46. The Morgan fingerprint density at radius 3 is 2.85 bits per heavy atom. The molecule has 0 atom stereocenters. The SMILES string of the molecule is Cn1cc(-c2cc3n(n2)CCC(=O)N3CCCC(=O)NCc2ccccn2)c2ccccc21. The quantitative estimate of drug-likeness (QED) is 0.476. The maximum absolute atomic E-state index is 12.7. The molecule has 0 radical (unpaired) electrons. The average molecular weight is 443 g/mol. The first kappa shape index (κ1) is 20.9. The van der Waals surface area contributed by atoms with Crippen molar-refractivity contribution in [3.8, 4) is 11.3 Å². The van der Waals surface area contributed by atoms with Crippen LogP contribution in [0.1, 0.15) is 25.0 Å². The monoisotopic (exact) mass is 442 g/mol. The number of fused-ring (bicyclic) bond motifs is 2. The van der Waals surface area contributed by atoms with Gasteiger partial charge in [0, 0.05) is 61.4 Å². The van der Waals surface area contributed by atoms with E-state index in [0.29, 0.717) is 38.9 Å². The normalized spacial score (nSPS) is 13.4. The van der Waals surface area contributed by atoms with Crippen molar-refractivity contribution in [1.82, 2.24) is 24.6 Å². The first-order chi connectivity index (χ1) is 16.1. The lowest BCUT2D eigenvalue weighted by molar-refractivity contribution is -0.122. The van der Waals surface area contributed by atoms with Gasteiger partial charge in [0.05, 0.1) is 24.5 Å². The van der Waals surface area contributed by atoms with Crippen LogP contribution in [-0.2, 0) is 29.7 Å². The average Bonchev–Trinajstić information content (AvgIpc) is 3.41. The smallest absolute Gasteiger partial charge is 0.229 e. The zero-order chi connectivity index (χ0) is 22.8. The number of nitrogens with zero attached hydrogens (tertiary/aromatic N) is 5. The summed E-state index contributed by atoms with van der Waals surface area (Å²) >= 11 is 0. The lowest BCUT2D eigenvalue weighted by Crippen LogP contribution is -2.38. The molecular weight excluding hydrogens is 416 g/mol.